The first kappa shape index (κ1) is 28.5. The predicted molar refractivity (Wildman–Crippen MR) is 142 cm³/mol. The fourth-order valence-corrected chi connectivity index (χ4v) is 5.38. The Bertz CT molecular complexity index is 1090. The Hall–Kier alpha value is -1.53. The van der Waals surface area contributed by atoms with Gasteiger partial charge in [-0.3, -0.25) is 4.18 Å². The van der Waals surface area contributed by atoms with Gasteiger partial charge in [-0.15, -0.1) is 0 Å². The van der Waals surface area contributed by atoms with Crippen molar-refractivity contribution in [1.82, 2.24) is 0 Å². The first-order valence-corrected chi connectivity index (χ1v) is 15.1. The van der Waals surface area contributed by atoms with Crippen molar-refractivity contribution >= 4 is 26.0 Å². The van der Waals surface area contributed by atoms with E-state index in [-0.39, 0.29) is 37.1 Å². The molecular formula is C27H35BrO8S. The summed E-state index contributed by atoms with van der Waals surface area (Å²) in [5.41, 5.74) is 2.08. The summed E-state index contributed by atoms with van der Waals surface area (Å²) < 4.78 is 59.6. The molecule has 2 aromatic carbocycles. The topological polar surface area (TPSA) is 89.5 Å². The SMILES string of the molecule is CC[C@H]1O[C@@H]([C@@H]2C[C@H](OCc3ccc(Br)cc3)[C@H](COS(C)(=O)=O)O2)C[C@@H]1OCc1ccc(OC)cc1. The van der Waals surface area contributed by atoms with Crippen LogP contribution in [0.4, 0.5) is 0 Å². The monoisotopic (exact) mass is 598 g/mol. The highest BCUT2D eigenvalue weighted by atomic mass is 79.9. The molecule has 2 aromatic rings. The normalized spacial score (nSPS) is 28.0. The summed E-state index contributed by atoms with van der Waals surface area (Å²) >= 11 is 3.44. The molecule has 2 heterocycles. The third-order valence-corrected chi connectivity index (χ3v) is 7.81. The van der Waals surface area contributed by atoms with Gasteiger partial charge in [-0.05, 0) is 41.8 Å². The lowest BCUT2D eigenvalue weighted by molar-refractivity contribution is -0.0900. The Morgan fingerprint density at radius 2 is 1.38 bits per heavy atom. The van der Waals surface area contributed by atoms with Crippen molar-refractivity contribution in [2.24, 2.45) is 0 Å². The summed E-state index contributed by atoms with van der Waals surface area (Å²) in [6.45, 7) is 2.86. The molecule has 204 valence electrons. The van der Waals surface area contributed by atoms with Crippen LogP contribution >= 0.6 is 15.9 Å². The zero-order chi connectivity index (χ0) is 26.4. The van der Waals surface area contributed by atoms with Crippen LogP contribution in [0, 0.1) is 0 Å². The van der Waals surface area contributed by atoms with Crippen molar-refractivity contribution in [3.8, 4) is 5.75 Å². The molecule has 0 aromatic heterocycles. The zero-order valence-corrected chi connectivity index (χ0v) is 23.8. The van der Waals surface area contributed by atoms with Crippen molar-refractivity contribution in [2.45, 2.75) is 76.0 Å². The van der Waals surface area contributed by atoms with Gasteiger partial charge in [0, 0.05) is 17.3 Å². The van der Waals surface area contributed by atoms with Crippen LogP contribution in [0.1, 0.15) is 37.3 Å². The predicted octanol–water partition coefficient (Wildman–Crippen LogP) is 4.63. The van der Waals surface area contributed by atoms with Crippen molar-refractivity contribution in [3.05, 3.63) is 64.1 Å². The minimum absolute atomic E-state index is 0.0414. The van der Waals surface area contributed by atoms with Gasteiger partial charge >= 0.3 is 0 Å². The molecule has 2 saturated heterocycles. The van der Waals surface area contributed by atoms with E-state index in [1.54, 1.807) is 7.11 Å². The van der Waals surface area contributed by atoms with Gasteiger partial charge in [0.05, 0.1) is 63.7 Å². The van der Waals surface area contributed by atoms with Crippen LogP contribution < -0.4 is 4.74 Å². The van der Waals surface area contributed by atoms with Gasteiger partial charge in [-0.1, -0.05) is 47.1 Å². The van der Waals surface area contributed by atoms with Gasteiger partial charge in [0.25, 0.3) is 10.1 Å². The van der Waals surface area contributed by atoms with Crippen molar-refractivity contribution < 1.29 is 36.3 Å². The van der Waals surface area contributed by atoms with Crippen molar-refractivity contribution in [2.75, 3.05) is 20.0 Å². The molecule has 4 rings (SSSR count). The summed E-state index contributed by atoms with van der Waals surface area (Å²) in [4.78, 5) is 0. The second kappa shape index (κ2) is 13.0. The molecule has 2 aliphatic heterocycles. The van der Waals surface area contributed by atoms with E-state index in [1.807, 2.05) is 48.5 Å². The first-order valence-electron chi connectivity index (χ1n) is 12.5. The summed E-state index contributed by atoms with van der Waals surface area (Å²) in [6, 6.07) is 15.7. The third-order valence-electron chi connectivity index (χ3n) is 6.72. The van der Waals surface area contributed by atoms with Crippen LogP contribution in [-0.2, 0) is 46.5 Å². The fraction of sp³-hybridized carbons (Fsp3) is 0.556. The molecule has 0 aliphatic carbocycles. The minimum Gasteiger partial charge on any atom is -0.497 e. The number of benzene rings is 2. The summed E-state index contributed by atoms with van der Waals surface area (Å²) in [6.07, 6.45) is 1.78. The lowest BCUT2D eigenvalue weighted by Crippen LogP contribution is -2.30. The quantitative estimate of drug-likeness (QED) is 0.327. The van der Waals surface area contributed by atoms with Crippen molar-refractivity contribution in [3.63, 3.8) is 0 Å². The average Bonchev–Trinajstić information content (AvgIpc) is 3.49. The highest BCUT2D eigenvalue weighted by Crippen LogP contribution is 2.36. The molecule has 0 unspecified atom stereocenters. The molecule has 0 radical (unpaired) electrons. The van der Waals surface area contributed by atoms with Crippen LogP contribution in [0.15, 0.2) is 53.0 Å². The Kier molecular flexibility index (Phi) is 10.0. The van der Waals surface area contributed by atoms with Gasteiger partial charge in [-0.2, -0.15) is 8.42 Å². The number of rotatable bonds is 12. The van der Waals surface area contributed by atoms with Gasteiger partial charge < -0.3 is 23.7 Å². The molecule has 8 nitrogen and oxygen atoms in total. The average molecular weight is 600 g/mol. The Morgan fingerprint density at radius 1 is 0.865 bits per heavy atom. The van der Waals surface area contributed by atoms with Crippen LogP contribution in [-0.4, -0.2) is 65.0 Å². The van der Waals surface area contributed by atoms with E-state index in [1.165, 1.54) is 0 Å². The van der Waals surface area contributed by atoms with E-state index in [9.17, 15) is 8.42 Å². The number of hydrogen-bond donors (Lipinski definition) is 0. The highest BCUT2D eigenvalue weighted by Gasteiger charge is 2.46. The molecular weight excluding hydrogens is 564 g/mol. The van der Waals surface area contributed by atoms with E-state index in [4.69, 9.17) is 27.9 Å². The van der Waals surface area contributed by atoms with Gasteiger partial charge in [-0.25, -0.2) is 0 Å². The Labute approximate surface area is 227 Å². The van der Waals surface area contributed by atoms with E-state index >= 15 is 0 Å². The van der Waals surface area contributed by atoms with E-state index in [2.05, 4.69) is 22.9 Å². The maximum Gasteiger partial charge on any atom is 0.264 e. The molecule has 2 aliphatic rings. The molecule has 0 N–H and O–H groups in total. The van der Waals surface area contributed by atoms with Crippen LogP contribution in [0.25, 0.3) is 0 Å². The smallest absolute Gasteiger partial charge is 0.264 e. The summed E-state index contributed by atoms with van der Waals surface area (Å²) in [7, 11) is -1.96. The molecule has 2 fully saturated rings. The fourth-order valence-electron chi connectivity index (χ4n) is 4.73. The standard InChI is InChI=1S/C27H35BrO8S/c1-4-22-23(32-16-19-7-11-21(31-2)12-8-19)13-25(35-22)26-14-24(27(36-26)17-34-37(3,29)30)33-15-18-5-9-20(28)10-6-18/h5-12,22-27H,4,13-17H2,1-3H3/t22-,23+,24+,25-,26+,27+/m1/s1. The van der Waals surface area contributed by atoms with Crippen molar-refractivity contribution in [1.29, 1.82) is 0 Å². The molecule has 0 amide bonds. The minimum atomic E-state index is -3.60. The molecule has 37 heavy (non-hydrogen) atoms. The third kappa shape index (κ3) is 8.23. The van der Waals surface area contributed by atoms with Gasteiger partial charge in [0.1, 0.15) is 11.9 Å². The second-order valence-corrected chi connectivity index (χ2v) is 12.0. The maximum atomic E-state index is 11.6. The number of methoxy groups -OCH3 is 1. The van der Waals surface area contributed by atoms with Crippen LogP contribution in [0.2, 0.25) is 0 Å². The molecule has 0 spiro atoms. The molecule has 10 heteroatoms. The lowest BCUT2D eigenvalue weighted by Gasteiger charge is -2.20. The molecule has 0 saturated carbocycles. The Balaban J connectivity index is 1.36. The first-order chi connectivity index (χ1) is 17.7. The summed E-state index contributed by atoms with van der Waals surface area (Å²) in [5, 5.41) is 0. The Morgan fingerprint density at radius 3 is 1.89 bits per heavy atom. The van der Waals surface area contributed by atoms with Gasteiger partial charge in [0.15, 0.2) is 0 Å². The number of hydrogen-bond acceptors (Lipinski definition) is 8. The maximum absolute atomic E-state index is 11.6. The largest absolute Gasteiger partial charge is 0.497 e. The number of ether oxygens (including phenoxy) is 5. The second-order valence-electron chi connectivity index (χ2n) is 9.47. The zero-order valence-electron chi connectivity index (χ0n) is 21.4. The van der Waals surface area contributed by atoms with E-state index in [0.717, 1.165) is 34.0 Å². The van der Waals surface area contributed by atoms with E-state index < -0.39 is 16.2 Å². The van der Waals surface area contributed by atoms with Gasteiger partial charge in [0.2, 0.25) is 0 Å². The molecule has 6 atom stereocenters. The van der Waals surface area contributed by atoms with Crippen LogP contribution in [0.5, 0.6) is 5.75 Å². The number of halogens is 1. The summed E-state index contributed by atoms with van der Waals surface area (Å²) in [5.74, 6) is 0.809. The van der Waals surface area contributed by atoms with E-state index in [0.29, 0.717) is 26.1 Å². The highest BCUT2D eigenvalue weighted by molar-refractivity contribution is 9.10. The lowest BCUT2D eigenvalue weighted by atomic mass is 10.0. The van der Waals surface area contributed by atoms with Crippen LogP contribution in [0.3, 0.4) is 0 Å². The molecule has 0 bridgehead atoms.